The van der Waals surface area contributed by atoms with Gasteiger partial charge in [-0.25, -0.2) is 9.97 Å². The monoisotopic (exact) mass is 546 g/mol. The summed E-state index contributed by atoms with van der Waals surface area (Å²) < 4.78 is 0. The smallest absolute Gasteiger partial charge is 0.110 e. The molecule has 0 atom stereocenters. The van der Waals surface area contributed by atoms with Gasteiger partial charge < -0.3 is 9.97 Å². The summed E-state index contributed by atoms with van der Waals surface area (Å²) in [6, 6.07) is 25.7. The molecule has 4 nitrogen and oxygen atoms in total. The van der Waals surface area contributed by atoms with Gasteiger partial charge in [-0.05, 0) is 83.9 Å². The predicted octanol–water partition coefficient (Wildman–Crippen LogP) is 8.85. The van der Waals surface area contributed by atoms with Crippen molar-refractivity contribution in [2.24, 2.45) is 0 Å². The molecule has 0 saturated heterocycles. The molecule has 7 rings (SSSR count). The Labute approximate surface area is 248 Å². The second-order valence-corrected chi connectivity index (χ2v) is 11.5. The third-order valence-electron chi connectivity index (χ3n) is 8.74. The lowest BCUT2D eigenvalue weighted by Gasteiger charge is -2.10. The first-order chi connectivity index (χ1) is 20.8. The minimum absolute atomic E-state index is 0.545. The number of imidazole rings is 2. The first kappa shape index (κ1) is 26.1. The molecule has 2 N–H and O–H groups in total. The van der Waals surface area contributed by atoms with Crippen molar-refractivity contribution in [3.8, 4) is 57.2 Å². The van der Waals surface area contributed by atoms with Gasteiger partial charge in [0.2, 0.25) is 0 Å². The highest BCUT2D eigenvalue weighted by Crippen LogP contribution is 2.35. The molecule has 2 aliphatic carbocycles. The molecule has 2 aromatic heterocycles. The van der Waals surface area contributed by atoms with Crippen LogP contribution in [0.15, 0.2) is 85.2 Å². The standard InChI is InChI=1S/C38H34N4/c1-2-11-27(12-3-1)31-18-10-19-32(23-31)35-24-33(36-26-40-38(42-36)30-16-6-7-17-30)22-21-28(35)13-8-9-20-34-25-39-37(41-34)29-14-4-5-15-29/h1-3,10-12,18-19,21-26,29-30H,4-7,14-17H2,(H,39,41)(H,40,42). The molecular formula is C38H34N4. The Morgan fingerprint density at radius 2 is 1.24 bits per heavy atom. The summed E-state index contributed by atoms with van der Waals surface area (Å²) in [5, 5.41) is 0. The molecule has 0 aliphatic heterocycles. The molecule has 0 amide bonds. The normalized spacial score (nSPS) is 15.2. The van der Waals surface area contributed by atoms with Gasteiger partial charge in [-0.1, -0.05) is 86.2 Å². The van der Waals surface area contributed by atoms with E-state index in [1.54, 1.807) is 0 Å². The highest BCUT2D eigenvalue weighted by molar-refractivity contribution is 5.80. The lowest BCUT2D eigenvalue weighted by atomic mass is 9.94. The molecule has 5 aromatic rings. The first-order valence-electron chi connectivity index (χ1n) is 15.2. The van der Waals surface area contributed by atoms with E-state index in [0.29, 0.717) is 11.8 Å². The van der Waals surface area contributed by atoms with E-state index in [0.717, 1.165) is 45.3 Å². The van der Waals surface area contributed by atoms with Crippen LogP contribution >= 0.6 is 0 Å². The van der Waals surface area contributed by atoms with Gasteiger partial charge in [0.25, 0.3) is 0 Å². The molecule has 3 aromatic carbocycles. The van der Waals surface area contributed by atoms with Crippen molar-refractivity contribution in [2.75, 3.05) is 0 Å². The lowest BCUT2D eigenvalue weighted by molar-refractivity contribution is 0.678. The van der Waals surface area contributed by atoms with Gasteiger partial charge in [-0.3, -0.25) is 0 Å². The van der Waals surface area contributed by atoms with Crippen LogP contribution in [-0.4, -0.2) is 19.9 Å². The molecule has 206 valence electrons. The minimum Gasteiger partial charge on any atom is -0.342 e. The maximum Gasteiger partial charge on any atom is 0.110 e. The van der Waals surface area contributed by atoms with Crippen LogP contribution in [0, 0.1) is 23.7 Å². The third-order valence-corrected chi connectivity index (χ3v) is 8.74. The Morgan fingerprint density at radius 1 is 0.571 bits per heavy atom. The SMILES string of the molecule is C(C#Cc1ccc(-c2cnc(C3CCCC3)[nH]2)cc1-c1cccc(-c2ccccc2)c1)#Cc1cnc(C2CCCC2)[nH]1. The van der Waals surface area contributed by atoms with E-state index in [2.05, 4.69) is 111 Å². The summed E-state index contributed by atoms with van der Waals surface area (Å²) in [5.74, 6) is 15.9. The van der Waals surface area contributed by atoms with Crippen LogP contribution in [0.4, 0.5) is 0 Å². The predicted molar refractivity (Wildman–Crippen MR) is 170 cm³/mol. The van der Waals surface area contributed by atoms with Crippen LogP contribution in [0.5, 0.6) is 0 Å². The highest BCUT2D eigenvalue weighted by atomic mass is 14.9. The molecule has 2 aliphatic rings. The molecule has 2 saturated carbocycles. The molecule has 0 radical (unpaired) electrons. The fourth-order valence-corrected chi connectivity index (χ4v) is 6.45. The molecule has 0 bridgehead atoms. The van der Waals surface area contributed by atoms with Crippen molar-refractivity contribution in [3.05, 3.63) is 108 Å². The van der Waals surface area contributed by atoms with Crippen LogP contribution in [-0.2, 0) is 0 Å². The molecule has 2 fully saturated rings. The Bertz CT molecular complexity index is 1810. The topological polar surface area (TPSA) is 57.4 Å². The van der Waals surface area contributed by atoms with Gasteiger partial charge >= 0.3 is 0 Å². The van der Waals surface area contributed by atoms with E-state index < -0.39 is 0 Å². The summed E-state index contributed by atoms with van der Waals surface area (Å²) in [5.41, 5.74) is 8.52. The average molecular weight is 547 g/mol. The number of nitrogens with one attached hydrogen (secondary N) is 2. The third kappa shape index (κ3) is 5.67. The largest absolute Gasteiger partial charge is 0.342 e. The van der Waals surface area contributed by atoms with Crippen molar-refractivity contribution >= 4 is 0 Å². The first-order valence-corrected chi connectivity index (χ1v) is 15.2. The van der Waals surface area contributed by atoms with E-state index in [9.17, 15) is 0 Å². The molecule has 0 spiro atoms. The molecule has 2 heterocycles. The Morgan fingerprint density at radius 3 is 2.02 bits per heavy atom. The van der Waals surface area contributed by atoms with E-state index in [4.69, 9.17) is 4.98 Å². The number of aromatic amines is 2. The van der Waals surface area contributed by atoms with Gasteiger partial charge in [0.15, 0.2) is 0 Å². The minimum atomic E-state index is 0.545. The van der Waals surface area contributed by atoms with Crippen LogP contribution in [0.1, 0.15) is 86.1 Å². The number of benzene rings is 3. The zero-order valence-electron chi connectivity index (χ0n) is 23.8. The van der Waals surface area contributed by atoms with Crippen molar-refractivity contribution in [1.82, 2.24) is 19.9 Å². The number of hydrogen-bond donors (Lipinski definition) is 2. The Kier molecular flexibility index (Phi) is 7.45. The summed E-state index contributed by atoms with van der Waals surface area (Å²) in [6.07, 6.45) is 13.8. The van der Waals surface area contributed by atoms with Gasteiger partial charge in [0.1, 0.15) is 17.3 Å². The number of H-pyrrole nitrogens is 2. The number of hydrogen-bond acceptors (Lipinski definition) is 2. The number of nitrogens with zero attached hydrogens (tertiary/aromatic N) is 2. The van der Waals surface area contributed by atoms with Crippen molar-refractivity contribution in [1.29, 1.82) is 0 Å². The molecule has 42 heavy (non-hydrogen) atoms. The van der Waals surface area contributed by atoms with Crippen molar-refractivity contribution < 1.29 is 0 Å². The summed E-state index contributed by atoms with van der Waals surface area (Å²) in [4.78, 5) is 16.4. The van der Waals surface area contributed by atoms with Crippen LogP contribution in [0.2, 0.25) is 0 Å². The molecule has 0 unspecified atom stereocenters. The fourth-order valence-electron chi connectivity index (χ4n) is 6.45. The summed E-state index contributed by atoms with van der Waals surface area (Å²) >= 11 is 0. The Balaban J connectivity index is 1.22. The summed E-state index contributed by atoms with van der Waals surface area (Å²) in [6.45, 7) is 0. The summed E-state index contributed by atoms with van der Waals surface area (Å²) in [7, 11) is 0. The molecular weight excluding hydrogens is 512 g/mol. The van der Waals surface area contributed by atoms with Gasteiger partial charge in [-0.2, -0.15) is 0 Å². The maximum atomic E-state index is 4.76. The quantitative estimate of drug-likeness (QED) is 0.216. The van der Waals surface area contributed by atoms with Crippen LogP contribution in [0.3, 0.4) is 0 Å². The van der Waals surface area contributed by atoms with Crippen LogP contribution in [0.25, 0.3) is 33.5 Å². The Hall–Kier alpha value is -4.80. The zero-order valence-corrected chi connectivity index (χ0v) is 23.8. The highest BCUT2D eigenvalue weighted by Gasteiger charge is 2.21. The van der Waals surface area contributed by atoms with E-state index >= 15 is 0 Å². The fraction of sp³-hybridized carbons (Fsp3) is 0.263. The van der Waals surface area contributed by atoms with E-state index in [1.165, 1.54) is 62.5 Å². The van der Waals surface area contributed by atoms with Crippen LogP contribution < -0.4 is 0 Å². The maximum absolute atomic E-state index is 4.76. The lowest BCUT2D eigenvalue weighted by Crippen LogP contribution is -1.94. The van der Waals surface area contributed by atoms with E-state index in [-0.39, 0.29) is 0 Å². The van der Waals surface area contributed by atoms with Gasteiger partial charge in [0, 0.05) is 23.0 Å². The van der Waals surface area contributed by atoms with Gasteiger partial charge in [-0.15, -0.1) is 0 Å². The second-order valence-electron chi connectivity index (χ2n) is 11.5. The van der Waals surface area contributed by atoms with Crippen molar-refractivity contribution in [3.63, 3.8) is 0 Å². The second kappa shape index (κ2) is 12.0. The van der Waals surface area contributed by atoms with Crippen molar-refractivity contribution in [2.45, 2.75) is 63.2 Å². The number of aromatic nitrogens is 4. The average Bonchev–Trinajstić information content (AvgIpc) is 3.87. The zero-order chi connectivity index (χ0) is 28.1. The molecule has 4 heteroatoms. The van der Waals surface area contributed by atoms with Gasteiger partial charge in [0.05, 0.1) is 18.1 Å². The van der Waals surface area contributed by atoms with E-state index in [1.807, 2.05) is 12.4 Å². The number of rotatable bonds is 5.